The van der Waals surface area contributed by atoms with Crippen LogP contribution in [0.2, 0.25) is 0 Å². The van der Waals surface area contributed by atoms with Crippen molar-refractivity contribution in [3.8, 4) is 0 Å². The molecule has 0 aromatic carbocycles. The normalized spacial score (nSPS) is 51.6. The molecule has 0 amide bonds. The zero-order valence-electron chi connectivity index (χ0n) is 30.1. The molecule has 5 aliphatic carbocycles. The third-order valence-electron chi connectivity index (χ3n) is 15.4. The molecule has 5 saturated carbocycles. The standard InChI is InChI=1S/C38H62O10/c1-20(17-39)9-8-10-21(2)28-24(42)16-36(7)26-15-23(41)32-34(4,5)27(11-12-38(32)19-37(26,38)14-13-35(28,36)6)48-33-31(45)30(44)29(43)25(47-33)18-46-22(3)40/h9,21,23-33,39,41-45H,8,10-19H2,1-7H3/b20-9+/t21-,23+,24+,25-,26+,27+,28+,29-,30+,31-,32?,33+,35-,36+,37+,38-/m1/s1. The zero-order valence-corrected chi connectivity index (χ0v) is 30.1. The smallest absolute Gasteiger partial charge is 0.302 e. The number of fused-ring (bicyclic) bond motifs is 2. The van der Waals surface area contributed by atoms with Gasteiger partial charge in [-0.25, -0.2) is 0 Å². The number of allylic oxidation sites excluding steroid dienone is 1. The molecule has 16 atom stereocenters. The van der Waals surface area contributed by atoms with Crippen molar-refractivity contribution in [3.63, 3.8) is 0 Å². The molecular weight excluding hydrogens is 616 g/mol. The first-order valence-electron chi connectivity index (χ1n) is 18.5. The van der Waals surface area contributed by atoms with Crippen molar-refractivity contribution < 1.29 is 49.6 Å². The van der Waals surface area contributed by atoms with Crippen LogP contribution in [0.15, 0.2) is 11.6 Å². The third-order valence-corrected chi connectivity index (χ3v) is 15.4. The summed E-state index contributed by atoms with van der Waals surface area (Å²) in [6.07, 6.45) is 2.27. The monoisotopic (exact) mass is 678 g/mol. The maximum Gasteiger partial charge on any atom is 0.302 e. The number of hydrogen-bond donors (Lipinski definition) is 6. The third kappa shape index (κ3) is 5.29. The summed E-state index contributed by atoms with van der Waals surface area (Å²) < 4.78 is 17.4. The van der Waals surface area contributed by atoms with Crippen LogP contribution < -0.4 is 0 Å². The maximum absolute atomic E-state index is 12.2. The lowest BCUT2D eigenvalue weighted by Gasteiger charge is -2.64. The van der Waals surface area contributed by atoms with Crippen molar-refractivity contribution in [2.45, 2.75) is 155 Å². The average molecular weight is 679 g/mol. The van der Waals surface area contributed by atoms with Crippen LogP contribution in [0.5, 0.6) is 0 Å². The summed E-state index contributed by atoms with van der Waals surface area (Å²) in [6, 6.07) is 0. The second-order valence-electron chi connectivity index (χ2n) is 18.0. The number of carbonyl (C=O) groups excluding carboxylic acids is 1. The molecule has 0 radical (unpaired) electrons. The molecule has 1 aliphatic heterocycles. The average Bonchev–Trinajstić information content (AvgIpc) is 3.60. The Hall–Kier alpha value is -1.11. The highest BCUT2D eigenvalue weighted by Crippen LogP contribution is 2.89. The van der Waals surface area contributed by atoms with E-state index in [1.807, 2.05) is 6.92 Å². The van der Waals surface area contributed by atoms with E-state index in [1.54, 1.807) is 0 Å². The van der Waals surface area contributed by atoms with Gasteiger partial charge >= 0.3 is 5.97 Å². The molecule has 48 heavy (non-hydrogen) atoms. The van der Waals surface area contributed by atoms with Crippen molar-refractivity contribution in [2.24, 2.45) is 50.7 Å². The highest BCUT2D eigenvalue weighted by atomic mass is 16.7. The summed E-state index contributed by atoms with van der Waals surface area (Å²) in [5.41, 5.74) is 0.468. The predicted octanol–water partition coefficient (Wildman–Crippen LogP) is 3.48. The number of carbonyl (C=O) groups is 1. The lowest BCUT2D eigenvalue weighted by Crippen LogP contribution is -2.64. The van der Waals surface area contributed by atoms with Crippen molar-refractivity contribution >= 4 is 5.97 Å². The Morgan fingerprint density at radius 2 is 1.65 bits per heavy atom. The first-order valence-corrected chi connectivity index (χ1v) is 18.5. The van der Waals surface area contributed by atoms with Gasteiger partial charge in [0, 0.05) is 6.92 Å². The van der Waals surface area contributed by atoms with E-state index in [0.717, 1.165) is 50.5 Å². The fourth-order valence-electron chi connectivity index (χ4n) is 13.1. The number of aliphatic hydroxyl groups is 6. The largest absolute Gasteiger partial charge is 0.463 e. The van der Waals surface area contributed by atoms with Gasteiger partial charge < -0.3 is 44.8 Å². The van der Waals surface area contributed by atoms with E-state index >= 15 is 0 Å². The number of esters is 1. The molecule has 1 unspecified atom stereocenters. The Labute approximate surface area is 286 Å². The van der Waals surface area contributed by atoms with Gasteiger partial charge in [0.05, 0.1) is 24.9 Å². The van der Waals surface area contributed by atoms with Gasteiger partial charge in [-0.2, -0.15) is 0 Å². The lowest BCUT2D eigenvalue weighted by atomic mass is 9.41. The van der Waals surface area contributed by atoms with E-state index in [9.17, 15) is 35.4 Å². The molecule has 6 aliphatic rings. The molecule has 6 fully saturated rings. The van der Waals surface area contributed by atoms with E-state index in [-0.39, 0.29) is 58.9 Å². The Kier molecular flexibility index (Phi) is 9.58. The number of aliphatic hydroxyl groups excluding tert-OH is 6. The Bertz CT molecular complexity index is 1250. The summed E-state index contributed by atoms with van der Waals surface area (Å²) in [6.45, 7) is 14.4. The molecule has 10 heteroatoms. The molecule has 0 bridgehead atoms. The Balaban J connectivity index is 1.21. The van der Waals surface area contributed by atoms with Crippen molar-refractivity contribution in [1.82, 2.24) is 0 Å². The second-order valence-corrected chi connectivity index (χ2v) is 18.0. The van der Waals surface area contributed by atoms with Gasteiger partial charge in [0.1, 0.15) is 31.0 Å². The number of rotatable bonds is 9. The first-order chi connectivity index (χ1) is 22.4. The van der Waals surface area contributed by atoms with Crippen LogP contribution in [0.3, 0.4) is 0 Å². The maximum atomic E-state index is 12.2. The van der Waals surface area contributed by atoms with E-state index in [1.165, 1.54) is 6.92 Å². The highest BCUT2D eigenvalue weighted by Gasteiger charge is 2.84. The SMILES string of the molecule is CC(=O)OC[C@H]1O[C@@H](O[C@H]2CC[C@]34C[C@]35CC[C@]3(C)[C@@H]([C@H](C)CC/C=C(\C)CO)[C@@H](O)C[C@@]3(C)[C@@H]5C[C@H](O)C4C2(C)C)[C@H](O)[C@@H](O)[C@@H]1O. The molecule has 1 saturated heterocycles. The minimum atomic E-state index is -1.53. The van der Waals surface area contributed by atoms with Crippen LogP contribution in [0.1, 0.15) is 106 Å². The van der Waals surface area contributed by atoms with Crippen LogP contribution >= 0.6 is 0 Å². The molecule has 0 aromatic rings. The summed E-state index contributed by atoms with van der Waals surface area (Å²) in [5.74, 6) is 0.280. The van der Waals surface area contributed by atoms with Crippen LogP contribution in [-0.4, -0.2) is 98.8 Å². The minimum Gasteiger partial charge on any atom is -0.463 e. The van der Waals surface area contributed by atoms with Crippen LogP contribution in [0.4, 0.5) is 0 Å². The molecule has 6 N–H and O–H groups in total. The van der Waals surface area contributed by atoms with Gasteiger partial charge in [0.15, 0.2) is 6.29 Å². The fraction of sp³-hybridized carbons (Fsp3) is 0.921. The number of hydrogen-bond acceptors (Lipinski definition) is 10. The van der Waals surface area contributed by atoms with Gasteiger partial charge in [-0.15, -0.1) is 0 Å². The Morgan fingerprint density at radius 3 is 2.31 bits per heavy atom. The topological polar surface area (TPSA) is 166 Å². The van der Waals surface area contributed by atoms with E-state index in [0.29, 0.717) is 24.7 Å². The molecule has 2 spiro atoms. The molecule has 0 aromatic heterocycles. The first kappa shape index (κ1) is 36.7. The summed E-state index contributed by atoms with van der Waals surface area (Å²) in [5, 5.41) is 65.3. The molecule has 274 valence electrons. The van der Waals surface area contributed by atoms with E-state index in [2.05, 4.69) is 40.7 Å². The van der Waals surface area contributed by atoms with Crippen molar-refractivity contribution in [3.05, 3.63) is 11.6 Å². The fourth-order valence-corrected chi connectivity index (χ4v) is 13.1. The second kappa shape index (κ2) is 12.5. The zero-order chi connectivity index (χ0) is 35.2. The van der Waals surface area contributed by atoms with Gasteiger partial charge in [0.2, 0.25) is 0 Å². The summed E-state index contributed by atoms with van der Waals surface area (Å²) in [7, 11) is 0. The summed E-state index contributed by atoms with van der Waals surface area (Å²) in [4.78, 5) is 11.4. The van der Waals surface area contributed by atoms with Crippen LogP contribution in [0.25, 0.3) is 0 Å². The Morgan fingerprint density at radius 1 is 0.938 bits per heavy atom. The lowest BCUT2D eigenvalue weighted by molar-refractivity contribution is -0.329. The molecule has 10 nitrogen and oxygen atoms in total. The number of ether oxygens (including phenoxy) is 3. The van der Waals surface area contributed by atoms with Gasteiger partial charge in [-0.1, -0.05) is 46.3 Å². The van der Waals surface area contributed by atoms with Crippen LogP contribution in [-0.2, 0) is 19.0 Å². The highest BCUT2D eigenvalue weighted by molar-refractivity contribution is 5.65. The van der Waals surface area contributed by atoms with E-state index in [4.69, 9.17) is 14.2 Å². The minimum absolute atomic E-state index is 0.0239. The predicted molar refractivity (Wildman–Crippen MR) is 177 cm³/mol. The molecule has 6 rings (SSSR count). The van der Waals surface area contributed by atoms with Gasteiger partial charge in [-0.3, -0.25) is 4.79 Å². The molecular formula is C38H62O10. The van der Waals surface area contributed by atoms with Gasteiger partial charge in [-0.05, 0) is 115 Å². The van der Waals surface area contributed by atoms with Crippen molar-refractivity contribution in [1.29, 1.82) is 0 Å². The molecule has 1 heterocycles. The quantitative estimate of drug-likeness (QED) is 0.121. The summed E-state index contributed by atoms with van der Waals surface area (Å²) >= 11 is 0. The van der Waals surface area contributed by atoms with Crippen molar-refractivity contribution in [2.75, 3.05) is 13.2 Å². The van der Waals surface area contributed by atoms with E-state index < -0.39 is 48.2 Å². The van der Waals surface area contributed by atoms with Gasteiger partial charge in [0.25, 0.3) is 0 Å². The van der Waals surface area contributed by atoms with Crippen LogP contribution in [0, 0.1) is 50.7 Å².